The minimum Gasteiger partial charge on any atom is -0.493 e. The first-order valence-electron chi connectivity index (χ1n) is 7.47. The van der Waals surface area contributed by atoms with Crippen LogP contribution in [0.15, 0.2) is 18.2 Å². The van der Waals surface area contributed by atoms with Gasteiger partial charge in [0, 0.05) is 12.7 Å². The van der Waals surface area contributed by atoms with Crippen molar-refractivity contribution in [3.05, 3.63) is 41.0 Å². The normalized spacial score (nSPS) is 10.8. The lowest BCUT2D eigenvalue weighted by molar-refractivity contribution is 0.354. The molecule has 1 heterocycles. The number of nitrogens with one attached hydrogen (secondary N) is 1. The average Bonchev–Trinajstić information content (AvgIpc) is 2.78. The summed E-state index contributed by atoms with van der Waals surface area (Å²) >= 11 is 0. The molecule has 0 unspecified atom stereocenters. The maximum atomic E-state index is 5.33. The third kappa shape index (κ3) is 3.60. The number of aromatic nitrogens is 2. The van der Waals surface area contributed by atoms with Crippen molar-refractivity contribution in [1.82, 2.24) is 14.9 Å². The van der Waals surface area contributed by atoms with Crippen molar-refractivity contribution >= 4 is 0 Å². The SMILES string of the molecule is COc1ccc(CCNCc2nc(C)c(C)n2C)cc1OC. The fourth-order valence-electron chi connectivity index (χ4n) is 2.41. The van der Waals surface area contributed by atoms with Crippen LogP contribution >= 0.6 is 0 Å². The Morgan fingerprint density at radius 2 is 1.86 bits per heavy atom. The fourth-order valence-corrected chi connectivity index (χ4v) is 2.41. The van der Waals surface area contributed by atoms with Gasteiger partial charge >= 0.3 is 0 Å². The molecule has 2 aromatic rings. The lowest BCUT2D eigenvalue weighted by Crippen LogP contribution is -2.19. The molecule has 0 aliphatic rings. The van der Waals surface area contributed by atoms with Gasteiger partial charge in [-0.2, -0.15) is 0 Å². The molecular weight excluding hydrogens is 278 g/mol. The molecule has 5 heteroatoms. The van der Waals surface area contributed by atoms with Gasteiger partial charge in [0.2, 0.25) is 0 Å². The van der Waals surface area contributed by atoms with Crippen LogP contribution in [0.25, 0.3) is 0 Å². The van der Waals surface area contributed by atoms with Crippen LogP contribution in [0.1, 0.15) is 22.8 Å². The van der Waals surface area contributed by atoms with Gasteiger partial charge in [-0.25, -0.2) is 4.98 Å². The highest BCUT2D eigenvalue weighted by Crippen LogP contribution is 2.27. The van der Waals surface area contributed by atoms with Gasteiger partial charge in [-0.05, 0) is 44.5 Å². The molecule has 1 aromatic heterocycles. The van der Waals surface area contributed by atoms with Crippen LogP contribution in [0.4, 0.5) is 0 Å². The zero-order valence-corrected chi connectivity index (χ0v) is 14.1. The minimum atomic E-state index is 0.762. The molecular formula is C17H25N3O2. The lowest BCUT2D eigenvalue weighted by Gasteiger charge is -2.10. The number of imidazole rings is 1. The van der Waals surface area contributed by atoms with Crippen molar-refractivity contribution < 1.29 is 9.47 Å². The number of hydrogen-bond acceptors (Lipinski definition) is 4. The Bertz CT molecular complexity index is 635. The molecule has 0 radical (unpaired) electrons. The van der Waals surface area contributed by atoms with Crippen molar-refractivity contribution in [2.24, 2.45) is 7.05 Å². The minimum absolute atomic E-state index is 0.762. The molecule has 0 spiro atoms. The van der Waals surface area contributed by atoms with Crippen LogP contribution in [0.5, 0.6) is 11.5 Å². The molecule has 0 atom stereocenters. The van der Waals surface area contributed by atoms with E-state index in [2.05, 4.69) is 34.9 Å². The van der Waals surface area contributed by atoms with E-state index in [0.29, 0.717) is 0 Å². The Kier molecular flexibility index (Phi) is 5.44. The summed E-state index contributed by atoms with van der Waals surface area (Å²) in [6.45, 7) is 5.80. The summed E-state index contributed by atoms with van der Waals surface area (Å²) < 4.78 is 12.7. The second-order valence-electron chi connectivity index (χ2n) is 5.37. The lowest BCUT2D eigenvalue weighted by atomic mass is 10.1. The van der Waals surface area contributed by atoms with Crippen molar-refractivity contribution in [2.45, 2.75) is 26.8 Å². The predicted molar refractivity (Wildman–Crippen MR) is 87.6 cm³/mol. The molecule has 5 nitrogen and oxygen atoms in total. The van der Waals surface area contributed by atoms with Crippen molar-refractivity contribution in [3.63, 3.8) is 0 Å². The van der Waals surface area contributed by atoms with E-state index in [1.165, 1.54) is 11.3 Å². The van der Waals surface area contributed by atoms with E-state index in [4.69, 9.17) is 9.47 Å². The number of nitrogens with zero attached hydrogens (tertiary/aromatic N) is 2. The Hall–Kier alpha value is -2.01. The van der Waals surface area contributed by atoms with Crippen LogP contribution in [0, 0.1) is 13.8 Å². The van der Waals surface area contributed by atoms with Crippen LogP contribution in [-0.2, 0) is 20.0 Å². The summed E-state index contributed by atoms with van der Waals surface area (Å²) in [7, 11) is 5.36. The molecule has 0 aliphatic carbocycles. The number of hydrogen-bond donors (Lipinski definition) is 1. The van der Waals surface area contributed by atoms with E-state index in [-0.39, 0.29) is 0 Å². The summed E-state index contributed by atoms with van der Waals surface area (Å²) in [5.74, 6) is 2.61. The van der Waals surface area contributed by atoms with E-state index in [1.807, 2.05) is 19.1 Å². The maximum absolute atomic E-state index is 5.33. The quantitative estimate of drug-likeness (QED) is 0.798. The average molecular weight is 303 g/mol. The smallest absolute Gasteiger partial charge is 0.160 e. The first-order chi connectivity index (χ1) is 10.6. The second-order valence-corrected chi connectivity index (χ2v) is 5.37. The molecule has 1 aromatic carbocycles. The highest BCUT2D eigenvalue weighted by atomic mass is 16.5. The molecule has 0 amide bonds. The number of methoxy groups -OCH3 is 2. The molecule has 0 saturated heterocycles. The Balaban J connectivity index is 1.87. The molecule has 1 N–H and O–H groups in total. The van der Waals surface area contributed by atoms with Gasteiger partial charge in [-0.15, -0.1) is 0 Å². The van der Waals surface area contributed by atoms with Gasteiger partial charge in [0.05, 0.1) is 26.5 Å². The van der Waals surface area contributed by atoms with Crippen LogP contribution in [0.3, 0.4) is 0 Å². The monoisotopic (exact) mass is 303 g/mol. The van der Waals surface area contributed by atoms with Gasteiger partial charge < -0.3 is 19.4 Å². The fraction of sp³-hybridized carbons (Fsp3) is 0.471. The standard InChI is InChI=1S/C17H25N3O2/c1-12-13(2)20(3)17(19-12)11-18-9-8-14-6-7-15(21-4)16(10-14)22-5/h6-7,10,18H,8-9,11H2,1-5H3. The van der Waals surface area contributed by atoms with Crippen molar-refractivity contribution in [1.29, 1.82) is 0 Å². The van der Waals surface area contributed by atoms with Crippen LogP contribution in [0.2, 0.25) is 0 Å². The molecule has 0 bridgehead atoms. The Morgan fingerprint density at radius 1 is 1.14 bits per heavy atom. The first-order valence-corrected chi connectivity index (χ1v) is 7.47. The summed E-state index contributed by atoms with van der Waals surface area (Å²) in [6.07, 6.45) is 0.933. The number of benzene rings is 1. The zero-order valence-electron chi connectivity index (χ0n) is 14.1. The van der Waals surface area contributed by atoms with Gasteiger partial charge in [0.25, 0.3) is 0 Å². The summed E-state index contributed by atoms with van der Waals surface area (Å²) in [6, 6.07) is 6.04. The summed E-state index contributed by atoms with van der Waals surface area (Å²) in [4.78, 5) is 4.57. The largest absolute Gasteiger partial charge is 0.493 e. The van der Waals surface area contributed by atoms with Crippen molar-refractivity contribution in [3.8, 4) is 11.5 Å². The second kappa shape index (κ2) is 7.31. The summed E-state index contributed by atoms with van der Waals surface area (Å²) in [5.41, 5.74) is 3.54. The highest BCUT2D eigenvalue weighted by Gasteiger charge is 2.07. The molecule has 0 aliphatic heterocycles. The molecule has 22 heavy (non-hydrogen) atoms. The van der Waals surface area contributed by atoms with E-state index in [1.54, 1.807) is 14.2 Å². The predicted octanol–water partition coefficient (Wildman–Crippen LogP) is 2.39. The summed E-state index contributed by atoms with van der Waals surface area (Å²) in [5, 5.41) is 3.44. The molecule has 0 fully saturated rings. The van der Waals surface area contributed by atoms with E-state index in [0.717, 1.165) is 42.5 Å². The maximum Gasteiger partial charge on any atom is 0.160 e. The zero-order chi connectivity index (χ0) is 16.1. The van der Waals surface area contributed by atoms with Gasteiger partial charge in [0.1, 0.15) is 5.82 Å². The number of rotatable bonds is 7. The number of aryl methyl sites for hydroxylation is 1. The van der Waals surface area contributed by atoms with E-state index in [9.17, 15) is 0 Å². The third-order valence-electron chi connectivity index (χ3n) is 4.03. The topological polar surface area (TPSA) is 48.3 Å². The van der Waals surface area contributed by atoms with Crippen LogP contribution in [-0.4, -0.2) is 30.3 Å². The Morgan fingerprint density at radius 3 is 2.45 bits per heavy atom. The van der Waals surface area contributed by atoms with Crippen LogP contribution < -0.4 is 14.8 Å². The van der Waals surface area contributed by atoms with E-state index < -0.39 is 0 Å². The number of ether oxygens (including phenoxy) is 2. The molecule has 2 rings (SSSR count). The third-order valence-corrected chi connectivity index (χ3v) is 4.03. The van der Waals surface area contributed by atoms with Crippen molar-refractivity contribution in [2.75, 3.05) is 20.8 Å². The first kappa shape index (κ1) is 16.4. The molecule has 120 valence electrons. The van der Waals surface area contributed by atoms with Gasteiger partial charge in [0.15, 0.2) is 11.5 Å². The van der Waals surface area contributed by atoms with Gasteiger partial charge in [-0.3, -0.25) is 0 Å². The Labute approximate surface area is 132 Å². The molecule has 0 saturated carbocycles. The highest BCUT2D eigenvalue weighted by molar-refractivity contribution is 5.42. The van der Waals surface area contributed by atoms with E-state index >= 15 is 0 Å². The van der Waals surface area contributed by atoms with Gasteiger partial charge in [-0.1, -0.05) is 6.07 Å².